The van der Waals surface area contributed by atoms with Crippen molar-refractivity contribution in [1.29, 1.82) is 0 Å². The standard InChI is InChI=1S/C11H14N4S/c1-7(2)5-8-6-9(16)15-11(14-8)10-12-3-4-13-10/h3-4,6-7H,5H2,1-2H3,(H,12,13)(H,14,15,16). The van der Waals surface area contributed by atoms with Gasteiger partial charge in [-0.3, -0.25) is 0 Å². The lowest BCUT2D eigenvalue weighted by Gasteiger charge is -2.06. The van der Waals surface area contributed by atoms with E-state index in [1.807, 2.05) is 6.07 Å². The summed E-state index contributed by atoms with van der Waals surface area (Å²) < 4.78 is 0.598. The van der Waals surface area contributed by atoms with Crippen LogP contribution in [0, 0.1) is 10.6 Å². The first-order valence-corrected chi connectivity index (χ1v) is 5.66. The first kappa shape index (κ1) is 11.0. The van der Waals surface area contributed by atoms with Crippen molar-refractivity contribution in [3.63, 3.8) is 0 Å². The predicted molar refractivity (Wildman–Crippen MR) is 65.5 cm³/mol. The average Bonchev–Trinajstić information content (AvgIpc) is 2.67. The Bertz CT molecular complexity index is 513. The minimum Gasteiger partial charge on any atom is -0.342 e. The molecule has 0 aliphatic heterocycles. The van der Waals surface area contributed by atoms with Crippen molar-refractivity contribution >= 4 is 12.2 Å². The van der Waals surface area contributed by atoms with Crippen molar-refractivity contribution in [2.45, 2.75) is 20.3 Å². The predicted octanol–water partition coefficient (Wildman–Crippen LogP) is 2.73. The maximum Gasteiger partial charge on any atom is 0.175 e. The third-order valence-corrected chi connectivity index (χ3v) is 2.36. The second-order valence-electron chi connectivity index (χ2n) is 4.13. The van der Waals surface area contributed by atoms with Gasteiger partial charge in [0.05, 0.1) is 0 Å². The lowest BCUT2D eigenvalue weighted by molar-refractivity contribution is 0.634. The van der Waals surface area contributed by atoms with Crippen LogP contribution in [0.1, 0.15) is 19.5 Å². The zero-order chi connectivity index (χ0) is 11.5. The summed E-state index contributed by atoms with van der Waals surface area (Å²) in [5.41, 5.74) is 1.10. The number of aromatic amines is 2. The molecule has 0 saturated heterocycles. The van der Waals surface area contributed by atoms with Crippen molar-refractivity contribution in [3.8, 4) is 11.6 Å². The number of nitrogens with one attached hydrogen (secondary N) is 2. The van der Waals surface area contributed by atoms with Gasteiger partial charge in [-0.15, -0.1) is 0 Å². The first-order valence-electron chi connectivity index (χ1n) is 5.25. The maximum absolute atomic E-state index is 5.14. The van der Waals surface area contributed by atoms with Gasteiger partial charge in [0.25, 0.3) is 0 Å². The van der Waals surface area contributed by atoms with Crippen LogP contribution in [-0.2, 0) is 6.42 Å². The Morgan fingerprint density at radius 2 is 2.19 bits per heavy atom. The van der Waals surface area contributed by atoms with E-state index in [0.29, 0.717) is 16.4 Å². The third-order valence-electron chi connectivity index (χ3n) is 2.15. The highest BCUT2D eigenvalue weighted by Gasteiger charge is 2.05. The fourth-order valence-electron chi connectivity index (χ4n) is 1.56. The first-order chi connectivity index (χ1) is 7.65. The number of nitrogens with zero attached hydrogens (tertiary/aromatic N) is 2. The van der Waals surface area contributed by atoms with Crippen molar-refractivity contribution in [3.05, 3.63) is 28.8 Å². The van der Waals surface area contributed by atoms with Gasteiger partial charge < -0.3 is 9.97 Å². The molecule has 0 atom stereocenters. The highest BCUT2D eigenvalue weighted by atomic mass is 32.1. The van der Waals surface area contributed by atoms with Crippen molar-refractivity contribution in [2.75, 3.05) is 0 Å². The van der Waals surface area contributed by atoms with Gasteiger partial charge in [0.1, 0.15) is 4.64 Å². The highest BCUT2D eigenvalue weighted by Crippen LogP contribution is 2.11. The topological polar surface area (TPSA) is 57.4 Å². The molecule has 0 spiro atoms. The van der Waals surface area contributed by atoms with E-state index >= 15 is 0 Å². The van der Waals surface area contributed by atoms with Gasteiger partial charge in [-0.2, -0.15) is 0 Å². The highest BCUT2D eigenvalue weighted by molar-refractivity contribution is 7.71. The molecule has 2 heterocycles. The second kappa shape index (κ2) is 4.57. The van der Waals surface area contributed by atoms with E-state index in [4.69, 9.17) is 12.2 Å². The Kier molecular flexibility index (Phi) is 3.14. The van der Waals surface area contributed by atoms with Gasteiger partial charge >= 0.3 is 0 Å². The number of aromatic nitrogens is 4. The molecule has 0 amide bonds. The van der Waals surface area contributed by atoms with Crippen LogP contribution in [0.5, 0.6) is 0 Å². The quantitative estimate of drug-likeness (QED) is 0.803. The Morgan fingerprint density at radius 1 is 1.38 bits per heavy atom. The Balaban J connectivity index is 2.40. The summed E-state index contributed by atoms with van der Waals surface area (Å²) in [7, 11) is 0. The van der Waals surface area contributed by atoms with Crippen LogP contribution in [0.15, 0.2) is 18.5 Å². The lowest BCUT2D eigenvalue weighted by atomic mass is 10.1. The molecule has 2 N–H and O–H groups in total. The average molecular weight is 234 g/mol. The molecule has 0 saturated carbocycles. The van der Waals surface area contributed by atoms with Crippen molar-refractivity contribution in [2.24, 2.45) is 5.92 Å². The van der Waals surface area contributed by atoms with Gasteiger partial charge in [0, 0.05) is 18.1 Å². The second-order valence-corrected chi connectivity index (χ2v) is 4.55. The van der Waals surface area contributed by atoms with Crippen LogP contribution < -0.4 is 0 Å². The van der Waals surface area contributed by atoms with E-state index in [0.717, 1.165) is 17.9 Å². The normalized spacial score (nSPS) is 10.9. The monoisotopic (exact) mass is 234 g/mol. The van der Waals surface area contributed by atoms with Gasteiger partial charge in [-0.25, -0.2) is 9.97 Å². The summed E-state index contributed by atoms with van der Waals surface area (Å²) in [6, 6.07) is 1.90. The third kappa shape index (κ3) is 2.55. The molecular weight excluding hydrogens is 220 g/mol. The molecule has 4 nitrogen and oxygen atoms in total. The summed E-state index contributed by atoms with van der Waals surface area (Å²) in [6.07, 6.45) is 4.42. The summed E-state index contributed by atoms with van der Waals surface area (Å²) >= 11 is 5.14. The van der Waals surface area contributed by atoms with E-state index in [1.165, 1.54) is 0 Å². The molecule has 0 radical (unpaired) electrons. The molecule has 5 heteroatoms. The van der Waals surface area contributed by atoms with Crippen molar-refractivity contribution < 1.29 is 0 Å². The molecular formula is C11H14N4S. The fourth-order valence-corrected chi connectivity index (χ4v) is 1.80. The van der Waals surface area contributed by atoms with E-state index in [-0.39, 0.29) is 0 Å². The number of rotatable bonds is 3. The number of hydrogen-bond acceptors (Lipinski definition) is 3. The molecule has 0 aliphatic rings. The van der Waals surface area contributed by atoms with E-state index in [9.17, 15) is 0 Å². The van der Waals surface area contributed by atoms with Crippen molar-refractivity contribution in [1.82, 2.24) is 19.9 Å². The van der Waals surface area contributed by atoms with Gasteiger partial charge in [-0.1, -0.05) is 26.1 Å². The number of hydrogen-bond donors (Lipinski definition) is 2. The molecule has 0 aliphatic carbocycles. The van der Waals surface area contributed by atoms with Crippen LogP contribution in [0.2, 0.25) is 0 Å². The lowest BCUT2D eigenvalue weighted by Crippen LogP contribution is -2.01. The summed E-state index contributed by atoms with van der Waals surface area (Å²) in [4.78, 5) is 14.7. The molecule has 2 rings (SSSR count). The van der Waals surface area contributed by atoms with Crippen LogP contribution >= 0.6 is 12.2 Å². The Morgan fingerprint density at radius 3 is 2.81 bits per heavy atom. The van der Waals surface area contributed by atoms with Gasteiger partial charge in [0.15, 0.2) is 11.6 Å². The van der Waals surface area contributed by atoms with Crippen LogP contribution in [0.3, 0.4) is 0 Å². The SMILES string of the molecule is CC(C)Cc1cc(=S)nc(-c2ncc[nH]2)[nH]1. The van der Waals surface area contributed by atoms with Gasteiger partial charge in [-0.05, 0) is 18.4 Å². The molecule has 0 aromatic carbocycles. The summed E-state index contributed by atoms with van der Waals surface area (Å²) in [5.74, 6) is 2.00. The van der Waals surface area contributed by atoms with Gasteiger partial charge in [0.2, 0.25) is 0 Å². The smallest absolute Gasteiger partial charge is 0.175 e. The maximum atomic E-state index is 5.14. The Labute approximate surface area is 99.2 Å². The number of H-pyrrole nitrogens is 2. The summed E-state index contributed by atoms with van der Waals surface area (Å²) in [6.45, 7) is 4.34. The fraction of sp³-hybridized carbons (Fsp3) is 0.364. The minimum atomic E-state index is 0.581. The molecule has 0 bridgehead atoms. The number of imidazole rings is 1. The van der Waals surface area contributed by atoms with Crippen LogP contribution in [-0.4, -0.2) is 19.9 Å². The molecule has 16 heavy (non-hydrogen) atoms. The largest absolute Gasteiger partial charge is 0.342 e. The molecule has 0 unspecified atom stereocenters. The van der Waals surface area contributed by atoms with Crippen LogP contribution in [0.25, 0.3) is 11.6 Å². The minimum absolute atomic E-state index is 0.581. The molecule has 84 valence electrons. The zero-order valence-corrected chi connectivity index (χ0v) is 10.1. The van der Waals surface area contributed by atoms with E-state index in [1.54, 1.807) is 12.4 Å². The zero-order valence-electron chi connectivity index (χ0n) is 9.32. The van der Waals surface area contributed by atoms with Crippen LogP contribution in [0.4, 0.5) is 0 Å². The molecule has 2 aromatic heterocycles. The van der Waals surface area contributed by atoms with E-state index < -0.39 is 0 Å². The molecule has 0 fully saturated rings. The van der Waals surface area contributed by atoms with E-state index in [2.05, 4.69) is 33.8 Å². The Hall–Kier alpha value is -1.49. The summed E-state index contributed by atoms with van der Waals surface area (Å²) in [5, 5.41) is 0. The molecule has 2 aromatic rings.